The molecule has 1 saturated heterocycles. The Morgan fingerprint density at radius 1 is 1.15 bits per heavy atom. The fourth-order valence-electron chi connectivity index (χ4n) is 8.11. The number of carbonyl (C=O) groups excluding carboxylic acids is 1. The lowest BCUT2D eigenvalue weighted by Crippen LogP contribution is -2.64. The number of methoxy groups -OCH3 is 1. The van der Waals surface area contributed by atoms with Gasteiger partial charge >= 0.3 is 5.97 Å². The zero-order valence-electron chi connectivity index (χ0n) is 24.6. The first-order valence-corrected chi connectivity index (χ1v) is 16.0. The van der Waals surface area contributed by atoms with Crippen molar-refractivity contribution in [1.29, 1.82) is 0 Å². The van der Waals surface area contributed by atoms with Crippen LogP contribution in [-0.4, -0.2) is 34.1 Å². The molecule has 33 heavy (non-hydrogen) atoms. The minimum Gasteiger partial charge on any atom is -0.501 e. The number of rotatable bonds is 3. The van der Waals surface area contributed by atoms with Crippen molar-refractivity contribution in [3.8, 4) is 0 Å². The second kappa shape index (κ2) is 8.11. The van der Waals surface area contributed by atoms with E-state index < -0.39 is 26.3 Å². The Morgan fingerprint density at radius 2 is 1.82 bits per heavy atom. The molecule has 0 spiro atoms. The van der Waals surface area contributed by atoms with E-state index in [9.17, 15) is 4.79 Å². The van der Waals surface area contributed by atoms with Gasteiger partial charge in [0.1, 0.15) is 5.76 Å². The van der Waals surface area contributed by atoms with E-state index in [1.165, 1.54) is 12.8 Å². The van der Waals surface area contributed by atoms with Gasteiger partial charge in [-0.15, -0.1) is 0 Å². The van der Waals surface area contributed by atoms with Crippen molar-refractivity contribution in [2.75, 3.05) is 13.7 Å². The molecular formula is C28H48O4Si. The summed E-state index contributed by atoms with van der Waals surface area (Å²) >= 11 is 0. The van der Waals surface area contributed by atoms with Crippen molar-refractivity contribution < 1.29 is 21.4 Å². The van der Waals surface area contributed by atoms with Crippen LogP contribution < -0.4 is 0 Å². The van der Waals surface area contributed by atoms with Crippen LogP contribution in [0.1, 0.15) is 83.3 Å². The number of hydrogen-bond donors (Lipinski definition) is 0. The van der Waals surface area contributed by atoms with Crippen molar-refractivity contribution in [2.24, 2.45) is 40.4 Å². The van der Waals surface area contributed by atoms with Gasteiger partial charge in [-0.2, -0.15) is 0 Å². The van der Waals surface area contributed by atoms with Crippen molar-refractivity contribution in [3.05, 3.63) is 11.3 Å². The van der Waals surface area contributed by atoms with Gasteiger partial charge in [0, 0.05) is 17.9 Å². The molecule has 1 heterocycles. The Balaban J connectivity index is 1.92. The van der Waals surface area contributed by atoms with Crippen LogP contribution >= 0.6 is 0 Å². The molecule has 0 unspecified atom stereocenters. The zero-order chi connectivity index (χ0) is 26.4. The summed E-state index contributed by atoms with van der Waals surface area (Å²) in [7, 11) is -0.467. The lowest BCUT2D eigenvalue weighted by Gasteiger charge is -2.66. The highest BCUT2D eigenvalue weighted by Crippen LogP contribution is 2.68. The van der Waals surface area contributed by atoms with Crippen molar-refractivity contribution in [1.82, 2.24) is 0 Å². The SMILES string of the molecule is [2H]C1([2H])C[C@]2(C)C(=C(OC)C[C@@]3(C)[C@@H]4C[C@@H](C)C[C@@H](C)[C@H]4C[C@H](O[Si](C)(C)C(C)(C)C)[C@@H]32)C(=O)O1. The Bertz CT molecular complexity index is 909. The zero-order valence-corrected chi connectivity index (χ0v) is 23.6. The van der Waals surface area contributed by atoms with E-state index in [4.69, 9.17) is 16.6 Å². The maximum Gasteiger partial charge on any atom is 0.337 e. The first-order valence-electron chi connectivity index (χ1n) is 14.0. The molecule has 2 saturated carbocycles. The van der Waals surface area contributed by atoms with Crippen molar-refractivity contribution in [2.45, 2.75) is 105 Å². The van der Waals surface area contributed by atoms with Crippen LogP contribution in [0.25, 0.3) is 0 Å². The average molecular weight is 479 g/mol. The van der Waals surface area contributed by atoms with E-state index in [-0.39, 0.29) is 28.9 Å². The second-order valence-corrected chi connectivity index (χ2v) is 18.5. The van der Waals surface area contributed by atoms with Gasteiger partial charge in [-0.25, -0.2) is 4.79 Å². The third-order valence-electron chi connectivity index (χ3n) is 10.5. The van der Waals surface area contributed by atoms with Gasteiger partial charge in [0.15, 0.2) is 8.32 Å². The number of hydrogen-bond acceptors (Lipinski definition) is 4. The standard InChI is InChI=1S/C28H48O4Si/c1-17-13-18(2)19-15-21(32-33(9,10)26(3,4)5)24-27(6)11-12-31-25(29)23(27)22(30-8)16-28(24,7)20(19)14-17/h17-21,24H,11-16H2,1-10H3/t17-,18+,19+,20+,21-,24+,27+,28-/m0/s1/i12D2. The Morgan fingerprint density at radius 3 is 2.42 bits per heavy atom. The molecule has 1 aliphatic heterocycles. The quantitative estimate of drug-likeness (QED) is 0.325. The average Bonchev–Trinajstić information content (AvgIpc) is 2.65. The monoisotopic (exact) mass is 478 g/mol. The predicted octanol–water partition coefficient (Wildman–Crippen LogP) is 6.96. The molecule has 0 aromatic rings. The lowest BCUT2D eigenvalue weighted by molar-refractivity contribution is -0.181. The van der Waals surface area contributed by atoms with Crippen molar-refractivity contribution in [3.63, 3.8) is 0 Å². The van der Waals surface area contributed by atoms with E-state index in [2.05, 4.69) is 61.6 Å². The summed E-state index contributed by atoms with van der Waals surface area (Å²) in [6, 6.07) is 0. The molecule has 4 rings (SSSR count). The molecule has 0 aromatic carbocycles. The summed E-state index contributed by atoms with van der Waals surface area (Å²) < 4.78 is 35.6. The summed E-state index contributed by atoms with van der Waals surface area (Å²) in [5.74, 6) is 2.52. The molecule has 5 heteroatoms. The Hall–Kier alpha value is -0.813. The minimum absolute atomic E-state index is 0.0156. The minimum atomic E-state index is -2.12. The largest absolute Gasteiger partial charge is 0.501 e. The highest BCUT2D eigenvalue weighted by molar-refractivity contribution is 6.74. The van der Waals surface area contributed by atoms with Gasteiger partial charge < -0.3 is 13.9 Å². The van der Waals surface area contributed by atoms with Crippen LogP contribution in [0, 0.1) is 40.4 Å². The summed E-state index contributed by atoms with van der Waals surface area (Å²) in [6.45, 7) is 18.8. The maximum atomic E-state index is 13.3. The molecule has 0 aromatic heterocycles. The Labute approximate surface area is 206 Å². The van der Waals surface area contributed by atoms with E-state index in [1.54, 1.807) is 7.11 Å². The fraction of sp³-hybridized carbons (Fsp3) is 0.893. The molecule has 0 amide bonds. The van der Waals surface area contributed by atoms with Gasteiger partial charge in [-0.1, -0.05) is 48.5 Å². The lowest BCUT2D eigenvalue weighted by atomic mass is 9.41. The number of ether oxygens (including phenoxy) is 2. The molecule has 3 aliphatic carbocycles. The first kappa shape index (κ1) is 22.6. The maximum absolute atomic E-state index is 13.3. The molecular weight excluding hydrogens is 428 g/mol. The molecule has 188 valence electrons. The van der Waals surface area contributed by atoms with E-state index in [0.717, 1.165) is 6.42 Å². The fourth-order valence-corrected chi connectivity index (χ4v) is 9.45. The molecule has 8 atom stereocenters. The molecule has 3 fully saturated rings. The van der Waals surface area contributed by atoms with E-state index in [0.29, 0.717) is 41.4 Å². The highest BCUT2D eigenvalue weighted by atomic mass is 28.4. The van der Waals surface area contributed by atoms with Crippen LogP contribution in [-0.2, 0) is 18.7 Å². The molecule has 4 aliphatic rings. The van der Waals surface area contributed by atoms with Crippen molar-refractivity contribution >= 4 is 14.3 Å². The van der Waals surface area contributed by atoms with E-state index in [1.807, 2.05) is 0 Å². The van der Waals surface area contributed by atoms with E-state index >= 15 is 0 Å². The number of fused-ring (bicyclic) bond motifs is 5. The van der Waals surface area contributed by atoms with Gasteiger partial charge in [0.05, 0.1) is 22.0 Å². The van der Waals surface area contributed by atoms with Gasteiger partial charge in [0.2, 0.25) is 0 Å². The van der Waals surface area contributed by atoms with Crippen LogP contribution in [0.5, 0.6) is 0 Å². The predicted molar refractivity (Wildman–Crippen MR) is 135 cm³/mol. The second-order valence-electron chi connectivity index (χ2n) is 13.8. The summed E-state index contributed by atoms with van der Waals surface area (Å²) in [5.41, 5.74) is -0.299. The van der Waals surface area contributed by atoms with Gasteiger partial charge in [-0.3, -0.25) is 0 Å². The normalized spacial score (nSPS) is 46.3. The highest BCUT2D eigenvalue weighted by Gasteiger charge is 2.66. The number of allylic oxidation sites excluding steroid dienone is 1. The summed E-state index contributed by atoms with van der Waals surface area (Å²) in [5, 5.41) is 0.0684. The topological polar surface area (TPSA) is 44.8 Å². The molecule has 0 N–H and O–H groups in total. The van der Waals surface area contributed by atoms with Crippen LogP contribution in [0.15, 0.2) is 11.3 Å². The molecule has 0 bridgehead atoms. The smallest absolute Gasteiger partial charge is 0.337 e. The van der Waals surface area contributed by atoms with Crippen LogP contribution in [0.3, 0.4) is 0 Å². The Kier molecular flexibility index (Phi) is 5.57. The van der Waals surface area contributed by atoms with Crippen LogP contribution in [0.4, 0.5) is 0 Å². The summed E-state index contributed by atoms with van der Waals surface area (Å²) in [4.78, 5) is 13.3. The van der Waals surface area contributed by atoms with Crippen LogP contribution in [0.2, 0.25) is 18.1 Å². The molecule has 0 radical (unpaired) electrons. The molecule has 4 nitrogen and oxygen atoms in total. The van der Waals surface area contributed by atoms with Gasteiger partial charge in [0.25, 0.3) is 0 Å². The third-order valence-corrected chi connectivity index (χ3v) is 15.0. The summed E-state index contributed by atoms with van der Waals surface area (Å²) in [6.07, 6.45) is 4.24. The first-order chi connectivity index (χ1) is 15.9. The third kappa shape index (κ3) is 3.84. The number of carbonyl (C=O) groups is 1. The number of esters is 1. The van der Waals surface area contributed by atoms with Gasteiger partial charge in [-0.05, 0) is 78.8 Å². The number of cyclic esters (lactones) is 1.